The molecular formula is C13H19NO2S. The van der Waals surface area contributed by atoms with Gasteiger partial charge in [-0.3, -0.25) is 0 Å². The summed E-state index contributed by atoms with van der Waals surface area (Å²) in [7, 11) is -0.992. The zero-order chi connectivity index (χ0) is 12.6. The van der Waals surface area contributed by atoms with E-state index in [2.05, 4.69) is 18.7 Å². The topological polar surface area (TPSA) is 37.4 Å². The molecule has 1 heterocycles. The Kier molecular flexibility index (Phi) is 3.17. The molecule has 0 spiro atoms. The van der Waals surface area contributed by atoms with Gasteiger partial charge in [-0.15, -0.1) is 0 Å². The lowest BCUT2D eigenvalue weighted by molar-refractivity contribution is 0.586. The van der Waals surface area contributed by atoms with Crippen molar-refractivity contribution in [2.45, 2.75) is 37.6 Å². The van der Waals surface area contributed by atoms with Gasteiger partial charge in [-0.2, -0.15) is 0 Å². The van der Waals surface area contributed by atoms with Gasteiger partial charge in [0.1, 0.15) is 0 Å². The van der Waals surface area contributed by atoms with Gasteiger partial charge in [-0.1, -0.05) is 0 Å². The Morgan fingerprint density at radius 1 is 1.29 bits per heavy atom. The van der Waals surface area contributed by atoms with Gasteiger partial charge in [0.05, 0.1) is 10.6 Å². The van der Waals surface area contributed by atoms with Crippen LogP contribution in [0.15, 0.2) is 23.1 Å². The van der Waals surface area contributed by atoms with Gasteiger partial charge < -0.3 is 4.90 Å². The molecule has 0 atom stereocenters. The number of benzene rings is 1. The zero-order valence-corrected chi connectivity index (χ0v) is 11.4. The van der Waals surface area contributed by atoms with Gasteiger partial charge in [-0.25, -0.2) is 8.42 Å². The SMILES string of the molecule is CC(C)N(C)c1ccc2c(c1)CCCS2(=O)=O. The highest BCUT2D eigenvalue weighted by Gasteiger charge is 2.23. The second-order valence-electron chi connectivity index (χ2n) is 4.92. The summed E-state index contributed by atoms with van der Waals surface area (Å²) < 4.78 is 23.7. The third-order valence-electron chi connectivity index (χ3n) is 3.42. The Hall–Kier alpha value is -1.03. The highest BCUT2D eigenvalue weighted by Crippen LogP contribution is 2.29. The number of hydrogen-bond acceptors (Lipinski definition) is 3. The van der Waals surface area contributed by atoms with E-state index in [0.717, 1.165) is 24.1 Å². The number of rotatable bonds is 2. The molecule has 0 radical (unpaired) electrons. The second kappa shape index (κ2) is 4.33. The number of fused-ring (bicyclic) bond motifs is 1. The molecule has 94 valence electrons. The van der Waals surface area contributed by atoms with Crippen molar-refractivity contribution in [3.8, 4) is 0 Å². The van der Waals surface area contributed by atoms with Crippen molar-refractivity contribution in [2.75, 3.05) is 17.7 Å². The molecule has 0 aliphatic carbocycles. The standard InChI is InChI=1S/C13H19NO2S/c1-10(2)14(3)12-6-7-13-11(9-12)5-4-8-17(13,15)16/h6-7,9-10H,4-5,8H2,1-3H3. The van der Waals surface area contributed by atoms with Crippen molar-refractivity contribution in [3.05, 3.63) is 23.8 Å². The fraction of sp³-hybridized carbons (Fsp3) is 0.538. The Labute approximate surface area is 103 Å². The van der Waals surface area contributed by atoms with Crippen molar-refractivity contribution < 1.29 is 8.42 Å². The molecule has 0 fully saturated rings. The van der Waals surface area contributed by atoms with Crippen LogP contribution in [-0.4, -0.2) is 27.3 Å². The maximum absolute atomic E-state index is 11.9. The predicted octanol–water partition coefficient (Wildman–Crippen LogP) is 2.25. The van der Waals surface area contributed by atoms with Gasteiger partial charge >= 0.3 is 0 Å². The summed E-state index contributed by atoms with van der Waals surface area (Å²) in [6, 6.07) is 6.10. The van der Waals surface area contributed by atoms with Crippen LogP contribution in [0.1, 0.15) is 25.8 Å². The third kappa shape index (κ3) is 2.32. The smallest absolute Gasteiger partial charge is 0.178 e. The Bertz CT molecular complexity index is 520. The molecule has 4 heteroatoms. The normalized spacial score (nSPS) is 17.9. The van der Waals surface area contributed by atoms with Crippen LogP contribution in [0.5, 0.6) is 0 Å². The van der Waals surface area contributed by atoms with Crippen molar-refractivity contribution in [3.63, 3.8) is 0 Å². The van der Waals surface area contributed by atoms with Gasteiger partial charge in [0.15, 0.2) is 9.84 Å². The summed E-state index contributed by atoms with van der Waals surface area (Å²) in [6.45, 7) is 4.24. The largest absolute Gasteiger partial charge is 0.372 e. The summed E-state index contributed by atoms with van der Waals surface area (Å²) in [5.41, 5.74) is 2.07. The van der Waals surface area contributed by atoms with E-state index in [-0.39, 0.29) is 0 Å². The summed E-state index contributed by atoms with van der Waals surface area (Å²) in [5, 5.41) is 0. The quantitative estimate of drug-likeness (QED) is 0.811. The lowest BCUT2D eigenvalue weighted by atomic mass is 10.1. The number of nitrogens with zero attached hydrogens (tertiary/aromatic N) is 1. The molecule has 0 aromatic heterocycles. The fourth-order valence-corrected chi connectivity index (χ4v) is 3.72. The number of anilines is 1. The van der Waals surface area contributed by atoms with Gasteiger partial charge in [0.25, 0.3) is 0 Å². The van der Waals surface area contributed by atoms with Crippen LogP contribution in [0.2, 0.25) is 0 Å². The molecule has 0 saturated carbocycles. The zero-order valence-electron chi connectivity index (χ0n) is 10.6. The first-order chi connectivity index (χ1) is 7.92. The van der Waals surface area contributed by atoms with E-state index >= 15 is 0 Å². The highest BCUT2D eigenvalue weighted by molar-refractivity contribution is 7.91. The maximum Gasteiger partial charge on any atom is 0.178 e. The number of sulfone groups is 1. The molecule has 1 aromatic rings. The third-order valence-corrected chi connectivity index (χ3v) is 5.31. The van der Waals surface area contributed by atoms with E-state index in [1.54, 1.807) is 6.07 Å². The number of hydrogen-bond donors (Lipinski definition) is 0. The molecule has 1 aliphatic rings. The molecule has 0 unspecified atom stereocenters. The molecular weight excluding hydrogens is 234 g/mol. The van der Waals surface area contributed by atoms with Crippen molar-refractivity contribution >= 4 is 15.5 Å². The predicted molar refractivity (Wildman–Crippen MR) is 70.4 cm³/mol. The lowest BCUT2D eigenvalue weighted by Gasteiger charge is -2.26. The molecule has 17 heavy (non-hydrogen) atoms. The molecule has 0 amide bonds. The van der Waals surface area contributed by atoms with Gasteiger partial charge in [0, 0.05) is 18.8 Å². The number of aryl methyl sites for hydroxylation is 1. The molecule has 3 nitrogen and oxygen atoms in total. The summed E-state index contributed by atoms with van der Waals surface area (Å²) in [4.78, 5) is 2.69. The van der Waals surface area contributed by atoms with E-state index in [1.807, 2.05) is 19.2 Å². The van der Waals surface area contributed by atoms with Crippen LogP contribution in [0.25, 0.3) is 0 Å². The molecule has 1 aromatic carbocycles. The first kappa shape index (κ1) is 12.4. The summed E-state index contributed by atoms with van der Waals surface area (Å²) >= 11 is 0. The van der Waals surface area contributed by atoms with Gasteiger partial charge in [0.2, 0.25) is 0 Å². The average molecular weight is 253 g/mol. The minimum absolute atomic E-state index is 0.291. The average Bonchev–Trinajstić information content (AvgIpc) is 2.27. The van der Waals surface area contributed by atoms with Crippen LogP contribution in [0, 0.1) is 0 Å². The molecule has 0 bridgehead atoms. The fourth-order valence-electron chi connectivity index (χ4n) is 2.14. The van der Waals surface area contributed by atoms with Crippen LogP contribution < -0.4 is 4.90 Å². The van der Waals surface area contributed by atoms with E-state index in [1.165, 1.54) is 0 Å². The van der Waals surface area contributed by atoms with Crippen molar-refractivity contribution in [1.29, 1.82) is 0 Å². The van der Waals surface area contributed by atoms with E-state index < -0.39 is 9.84 Å². The van der Waals surface area contributed by atoms with Crippen molar-refractivity contribution in [1.82, 2.24) is 0 Å². The van der Waals surface area contributed by atoms with Crippen LogP contribution in [0.4, 0.5) is 5.69 Å². The van der Waals surface area contributed by atoms with E-state index in [0.29, 0.717) is 16.7 Å². The first-order valence-electron chi connectivity index (χ1n) is 6.00. The van der Waals surface area contributed by atoms with Gasteiger partial charge in [-0.05, 0) is 50.5 Å². The van der Waals surface area contributed by atoms with Crippen LogP contribution in [-0.2, 0) is 16.3 Å². The maximum atomic E-state index is 11.9. The van der Waals surface area contributed by atoms with Crippen LogP contribution in [0.3, 0.4) is 0 Å². The highest BCUT2D eigenvalue weighted by atomic mass is 32.2. The molecule has 1 aliphatic heterocycles. The Balaban J connectivity index is 2.45. The second-order valence-corrected chi connectivity index (χ2v) is 7.00. The Morgan fingerprint density at radius 3 is 2.65 bits per heavy atom. The molecule has 0 saturated heterocycles. The first-order valence-corrected chi connectivity index (χ1v) is 7.65. The monoisotopic (exact) mass is 253 g/mol. The summed E-state index contributed by atoms with van der Waals surface area (Å²) in [6.07, 6.45) is 1.61. The Morgan fingerprint density at radius 2 is 2.00 bits per heavy atom. The minimum atomic E-state index is -3.02. The van der Waals surface area contributed by atoms with E-state index in [4.69, 9.17) is 0 Å². The van der Waals surface area contributed by atoms with Crippen LogP contribution >= 0.6 is 0 Å². The van der Waals surface area contributed by atoms with E-state index in [9.17, 15) is 8.42 Å². The molecule has 0 N–H and O–H groups in total. The minimum Gasteiger partial charge on any atom is -0.372 e. The lowest BCUT2D eigenvalue weighted by Crippen LogP contribution is -2.26. The summed E-state index contributed by atoms with van der Waals surface area (Å²) in [5.74, 6) is 0.291. The molecule has 2 rings (SSSR count). The van der Waals surface area contributed by atoms with Crippen molar-refractivity contribution in [2.24, 2.45) is 0 Å².